The van der Waals surface area contributed by atoms with Crippen molar-refractivity contribution in [2.24, 2.45) is 0 Å². The van der Waals surface area contributed by atoms with Crippen molar-refractivity contribution in [3.8, 4) is 0 Å². The molecule has 4 rings (SSSR count). The lowest BCUT2D eigenvalue weighted by molar-refractivity contribution is 0.00578. The first-order chi connectivity index (χ1) is 11.4. The van der Waals surface area contributed by atoms with Gasteiger partial charge < -0.3 is 23.9 Å². The number of halogens is 2. The highest BCUT2D eigenvalue weighted by Crippen LogP contribution is 2.36. The van der Waals surface area contributed by atoms with Gasteiger partial charge in [-0.2, -0.15) is 0 Å². The van der Waals surface area contributed by atoms with E-state index in [1.807, 2.05) is 12.1 Å². The van der Waals surface area contributed by atoms with E-state index in [2.05, 4.69) is 43.6 Å². The van der Waals surface area contributed by atoms with Crippen LogP contribution >= 0.6 is 24.8 Å². The van der Waals surface area contributed by atoms with E-state index in [1.165, 1.54) is 0 Å². The molecular weight excluding hydrogens is 376 g/mol. The molecule has 0 unspecified atom stereocenters. The lowest BCUT2D eigenvalue weighted by Crippen LogP contribution is -2.41. The minimum atomic E-state index is -0.352. The molecule has 1 aromatic carbocycles. The molecule has 0 bridgehead atoms. The zero-order valence-electron chi connectivity index (χ0n) is 15.6. The smallest absolute Gasteiger partial charge is 0.399 e. The van der Waals surface area contributed by atoms with Gasteiger partial charge in [-0.05, 0) is 45.3 Å². The Bertz CT molecular complexity index is 747. The van der Waals surface area contributed by atoms with Crippen LogP contribution in [0.4, 0.5) is 5.95 Å². The van der Waals surface area contributed by atoms with Crippen molar-refractivity contribution < 1.29 is 14.0 Å². The number of aromatic nitrogens is 2. The Kier molecular flexibility index (Phi) is 6.20. The standard InChI is InChI=1S/C17H24BN3O3.2ClH/c1-16(2)17(3,4)24-18(23-16)12-5-6-13-14(11-12)20-15(19-13)21-7-9-22-10-8-21;;/h5-6,11H,7-10H2,1-4H3,(H,19,20);2*1H. The van der Waals surface area contributed by atoms with Gasteiger partial charge in [0, 0.05) is 13.1 Å². The van der Waals surface area contributed by atoms with Gasteiger partial charge in [0.25, 0.3) is 0 Å². The number of anilines is 1. The molecule has 2 aromatic rings. The lowest BCUT2D eigenvalue weighted by atomic mass is 9.79. The van der Waals surface area contributed by atoms with E-state index in [0.29, 0.717) is 0 Å². The molecule has 0 amide bonds. The van der Waals surface area contributed by atoms with Crippen LogP contribution in [0.1, 0.15) is 27.7 Å². The zero-order valence-corrected chi connectivity index (χ0v) is 17.2. The number of H-pyrrole nitrogens is 1. The van der Waals surface area contributed by atoms with Crippen molar-refractivity contribution in [3.63, 3.8) is 0 Å². The highest BCUT2D eigenvalue weighted by Gasteiger charge is 2.51. The van der Waals surface area contributed by atoms with Gasteiger partial charge in [0.15, 0.2) is 0 Å². The molecule has 26 heavy (non-hydrogen) atoms. The normalized spacial score (nSPS) is 21.4. The predicted molar refractivity (Wildman–Crippen MR) is 109 cm³/mol. The molecule has 6 nitrogen and oxygen atoms in total. The molecule has 2 fully saturated rings. The third-order valence-corrected chi connectivity index (χ3v) is 5.33. The number of aromatic amines is 1. The topological polar surface area (TPSA) is 59.6 Å². The van der Waals surface area contributed by atoms with Crippen molar-refractivity contribution in [1.82, 2.24) is 9.97 Å². The average molecular weight is 402 g/mol. The maximum absolute atomic E-state index is 6.14. The molecule has 9 heteroatoms. The second-order valence-corrected chi connectivity index (χ2v) is 7.52. The monoisotopic (exact) mass is 401 g/mol. The van der Waals surface area contributed by atoms with Gasteiger partial charge in [0.1, 0.15) is 0 Å². The molecular formula is C17H26BCl2N3O3. The van der Waals surface area contributed by atoms with Crippen LogP contribution in [-0.2, 0) is 14.0 Å². The second kappa shape index (κ2) is 7.56. The van der Waals surface area contributed by atoms with Gasteiger partial charge in [0.2, 0.25) is 5.95 Å². The number of hydrogen-bond acceptors (Lipinski definition) is 5. The molecule has 1 N–H and O–H groups in total. The van der Waals surface area contributed by atoms with Crippen LogP contribution in [0.5, 0.6) is 0 Å². The molecule has 2 saturated heterocycles. The van der Waals surface area contributed by atoms with E-state index >= 15 is 0 Å². The number of rotatable bonds is 2. The summed E-state index contributed by atoms with van der Waals surface area (Å²) in [7, 11) is -0.352. The van der Waals surface area contributed by atoms with Gasteiger partial charge in [-0.1, -0.05) is 6.07 Å². The number of fused-ring (bicyclic) bond motifs is 1. The van der Waals surface area contributed by atoms with Crippen LogP contribution in [-0.4, -0.2) is 54.6 Å². The Morgan fingerprint density at radius 3 is 2.27 bits per heavy atom. The van der Waals surface area contributed by atoms with Crippen LogP contribution in [0.2, 0.25) is 0 Å². The number of imidazole rings is 1. The molecule has 0 saturated carbocycles. The lowest BCUT2D eigenvalue weighted by Gasteiger charge is -2.32. The van der Waals surface area contributed by atoms with Crippen LogP contribution in [0, 0.1) is 0 Å². The first-order valence-corrected chi connectivity index (χ1v) is 8.54. The summed E-state index contributed by atoms with van der Waals surface area (Å²) in [5, 5.41) is 0. The highest BCUT2D eigenvalue weighted by molar-refractivity contribution is 6.62. The zero-order chi connectivity index (χ0) is 16.9. The summed E-state index contributed by atoms with van der Waals surface area (Å²) in [5.41, 5.74) is 2.30. The second-order valence-electron chi connectivity index (χ2n) is 7.52. The van der Waals surface area contributed by atoms with Crippen molar-refractivity contribution in [1.29, 1.82) is 0 Å². The third kappa shape index (κ3) is 3.69. The molecule has 0 spiro atoms. The number of morpholine rings is 1. The fourth-order valence-electron chi connectivity index (χ4n) is 3.06. The maximum atomic E-state index is 6.14. The van der Waals surface area contributed by atoms with E-state index in [0.717, 1.165) is 48.7 Å². The number of ether oxygens (including phenoxy) is 1. The summed E-state index contributed by atoms with van der Waals surface area (Å²) in [6.45, 7) is 11.5. The first kappa shape index (κ1) is 21.3. The molecule has 0 atom stereocenters. The third-order valence-electron chi connectivity index (χ3n) is 5.33. The Labute approximate surface area is 166 Å². The Morgan fingerprint density at radius 1 is 1.04 bits per heavy atom. The fraction of sp³-hybridized carbons (Fsp3) is 0.588. The van der Waals surface area contributed by atoms with Crippen LogP contribution in [0.15, 0.2) is 18.2 Å². The van der Waals surface area contributed by atoms with E-state index in [9.17, 15) is 0 Å². The predicted octanol–water partition coefficient (Wildman–Crippen LogP) is 2.54. The van der Waals surface area contributed by atoms with Crippen LogP contribution in [0.25, 0.3) is 11.0 Å². The Balaban J connectivity index is 0.00000121. The minimum absolute atomic E-state index is 0. The number of nitrogens with one attached hydrogen (secondary N) is 1. The average Bonchev–Trinajstić information content (AvgIpc) is 3.06. The first-order valence-electron chi connectivity index (χ1n) is 8.54. The number of hydrogen-bond donors (Lipinski definition) is 1. The molecule has 1 aromatic heterocycles. The SMILES string of the molecule is CC1(C)OB(c2ccc3nc(N4CCOCC4)[nH]c3c2)OC1(C)C.Cl.Cl. The van der Waals surface area contributed by atoms with Crippen LogP contribution < -0.4 is 10.4 Å². The van der Waals surface area contributed by atoms with Crippen molar-refractivity contribution in [3.05, 3.63) is 18.2 Å². The summed E-state index contributed by atoms with van der Waals surface area (Å²) in [4.78, 5) is 10.3. The van der Waals surface area contributed by atoms with Gasteiger partial charge in [-0.15, -0.1) is 24.8 Å². The van der Waals surface area contributed by atoms with Crippen LogP contribution in [0.3, 0.4) is 0 Å². The minimum Gasteiger partial charge on any atom is -0.399 e. The summed E-state index contributed by atoms with van der Waals surface area (Å²) >= 11 is 0. The van der Waals surface area contributed by atoms with Gasteiger partial charge in [-0.25, -0.2) is 4.98 Å². The summed E-state index contributed by atoms with van der Waals surface area (Å²) in [6.07, 6.45) is 0. The van der Waals surface area contributed by atoms with Gasteiger partial charge in [-0.3, -0.25) is 0 Å². The molecule has 3 heterocycles. The van der Waals surface area contributed by atoms with Crippen molar-refractivity contribution >= 4 is 54.4 Å². The highest BCUT2D eigenvalue weighted by atomic mass is 35.5. The van der Waals surface area contributed by atoms with Gasteiger partial charge >= 0.3 is 7.12 Å². The quantitative estimate of drug-likeness (QED) is 0.783. The number of benzene rings is 1. The summed E-state index contributed by atoms with van der Waals surface area (Å²) < 4.78 is 17.7. The number of nitrogens with zero attached hydrogens (tertiary/aromatic N) is 2. The molecule has 0 aliphatic carbocycles. The van der Waals surface area contributed by atoms with E-state index in [4.69, 9.17) is 19.0 Å². The Morgan fingerprint density at radius 2 is 1.65 bits per heavy atom. The van der Waals surface area contributed by atoms with Gasteiger partial charge in [0.05, 0.1) is 35.4 Å². The Hall–Kier alpha value is -0.985. The van der Waals surface area contributed by atoms with E-state index < -0.39 is 0 Å². The summed E-state index contributed by atoms with van der Waals surface area (Å²) in [5.74, 6) is 0.902. The van der Waals surface area contributed by atoms with E-state index in [1.54, 1.807) is 0 Å². The molecule has 2 aliphatic rings. The largest absolute Gasteiger partial charge is 0.494 e. The molecule has 144 valence electrons. The molecule has 2 aliphatic heterocycles. The summed E-state index contributed by atoms with van der Waals surface area (Å²) in [6, 6.07) is 6.14. The van der Waals surface area contributed by atoms with Crippen molar-refractivity contribution in [2.75, 3.05) is 31.2 Å². The molecule has 0 radical (unpaired) electrons. The van der Waals surface area contributed by atoms with Crippen molar-refractivity contribution in [2.45, 2.75) is 38.9 Å². The van der Waals surface area contributed by atoms with E-state index in [-0.39, 0.29) is 43.1 Å². The fourth-order valence-corrected chi connectivity index (χ4v) is 3.06. The maximum Gasteiger partial charge on any atom is 0.494 e.